The summed E-state index contributed by atoms with van der Waals surface area (Å²) in [6, 6.07) is 8.38. The van der Waals surface area contributed by atoms with Gasteiger partial charge in [0.25, 0.3) is 0 Å². The van der Waals surface area contributed by atoms with Crippen molar-refractivity contribution in [1.82, 2.24) is 14.5 Å². The molecule has 0 aliphatic carbocycles. The quantitative estimate of drug-likeness (QED) is 0.509. The highest BCUT2D eigenvalue weighted by Gasteiger charge is 2.19. The average molecular weight is 342 g/mol. The Labute approximate surface area is 144 Å². The largest absolute Gasteiger partial charge is 0.358 e. The average Bonchev–Trinajstić information content (AvgIpc) is 3.16. The molecule has 2 aromatic heterocycles. The summed E-state index contributed by atoms with van der Waals surface area (Å²) >= 11 is 1.54. The second-order valence-electron chi connectivity index (χ2n) is 5.93. The third-order valence-electron chi connectivity index (χ3n) is 3.92. The molecule has 124 valence electrons. The van der Waals surface area contributed by atoms with Crippen LogP contribution in [0.1, 0.15) is 36.8 Å². The summed E-state index contributed by atoms with van der Waals surface area (Å²) in [7, 11) is 0. The first kappa shape index (κ1) is 16.3. The van der Waals surface area contributed by atoms with Gasteiger partial charge in [-0.3, -0.25) is 0 Å². The molecule has 0 saturated carbocycles. The Morgan fingerprint density at radius 3 is 2.62 bits per heavy atom. The smallest absolute Gasteiger partial charge is 0.343 e. The first-order valence-electron chi connectivity index (χ1n) is 7.67. The molecule has 0 aliphatic heterocycles. The van der Waals surface area contributed by atoms with Crippen molar-refractivity contribution in [3.05, 3.63) is 63.0 Å². The van der Waals surface area contributed by atoms with Crippen LogP contribution in [-0.4, -0.2) is 19.5 Å². The van der Waals surface area contributed by atoms with Crippen molar-refractivity contribution >= 4 is 17.2 Å². The van der Waals surface area contributed by atoms with E-state index < -0.39 is 4.92 Å². The van der Waals surface area contributed by atoms with E-state index in [4.69, 9.17) is 0 Å². The van der Waals surface area contributed by atoms with Gasteiger partial charge >= 0.3 is 5.82 Å². The summed E-state index contributed by atoms with van der Waals surface area (Å²) in [4.78, 5) is 19.3. The lowest BCUT2D eigenvalue weighted by Crippen LogP contribution is -2.06. The van der Waals surface area contributed by atoms with Gasteiger partial charge in [0.05, 0.1) is 5.69 Å². The number of aryl methyl sites for hydroxylation is 1. The molecule has 0 radical (unpaired) electrons. The lowest BCUT2D eigenvalue weighted by atomic mass is 10.0. The van der Waals surface area contributed by atoms with Crippen LogP contribution in [0.4, 0.5) is 5.82 Å². The highest BCUT2D eigenvalue weighted by molar-refractivity contribution is 7.13. The zero-order valence-electron chi connectivity index (χ0n) is 13.8. The van der Waals surface area contributed by atoms with Crippen LogP contribution < -0.4 is 0 Å². The Morgan fingerprint density at radius 2 is 2.00 bits per heavy atom. The summed E-state index contributed by atoms with van der Waals surface area (Å²) in [6.45, 7) is 6.43. The minimum atomic E-state index is -0.419. The predicted molar refractivity (Wildman–Crippen MR) is 94.4 cm³/mol. The van der Waals surface area contributed by atoms with Gasteiger partial charge in [-0.2, -0.15) is 0 Å². The van der Waals surface area contributed by atoms with Gasteiger partial charge in [0, 0.05) is 17.9 Å². The van der Waals surface area contributed by atoms with Crippen molar-refractivity contribution in [2.24, 2.45) is 0 Å². The van der Waals surface area contributed by atoms with Crippen LogP contribution in [0.15, 0.2) is 35.8 Å². The Kier molecular flexibility index (Phi) is 4.44. The van der Waals surface area contributed by atoms with Crippen molar-refractivity contribution in [3.8, 4) is 10.6 Å². The first-order valence-corrected chi connectivity index (χ1v) is 8.55. The van der Waals surface area contributed by atoms with E-state index in [-0.39, 0.29) is 5.82 Å². The summed E-state index contributed by atoms with van der Waals surface area (Å²) in [5.41, 5.74) is 3.15. The zero-order valence-corrected chi connectivity index (χ0v) is 14.6. The molecule has 0 saturated heterocycles. The Morgan fingerprint density at radius 1 is 1.29 bits per heavy atom. The minimum absolute atomic E-state index is 0.0108. The van der Waals surface area contributed by atoms with E-state index >= 15 is 0 Å². The molecule has 0 unspecified atom stereocenters. The number of hydrogen-bond acceptors (Lipinski definition) is 5. The number of nitrogens with zero attached hydrogens (tertiary/aromatic N) is 4. The van der Waals surface area contributed by atoms with Crippen LogP contribution in [0, 0.1) is 17.0 Å². The van der Waals surface area contributed by atoms with Gasteiger partial charge in [-0.1, -0.05) is 38.1 Å². The zero-order chi connectivity index (χ0) is 17.3. The lowest BCUT2D eigenvalue weighted by Gasteiger charge is -2.05. The predicted octanol–water partition coefficient (Wildman–Crippen LogP) is 4.39. The van der Waals surface area contributed by atoms with Crippen LogP contribution in [-0.2, 0) is 6.54 Å². The van der Waals surface area contributed by atoms with Crippen LogP contribution in [0.5, 0.6) is 0 Å². The van der Waals surface area contributed by atoms with Crippen molar-refractivity contribution in [3.63, 3.8) is 0 Å². The second kappa shape index (κ2) is 6.52. The summed E-state index contributed by atoms with van der Waals surface area (Å²) in [5.74, 6) is 1.09. The molecule has 0 bridgehead atoms. The summed E-state index contributed by atoms with van der Waals surface area (Å²) < 4.78 is 1.57. The molecule has 3 rings (SSSR count). The van der Waals surface area contributed by atoms with Crippen molar-refractivity contribution in [2.75, 3.05) is 0 Å². The number of thiazole rings is 1. The van der Waals surface area contributed by atoms with Gasteiger partial charge in [-0.25, -0.2) is 14.5 Å². The van der Waals surface area contributed by atoms with Crippen LogP contribution >= 0.6 is 11.3 Å². The van der Waals surface area contributed by atoms with Crippen molar-refractivity contribution in [2.45, 2.75) is 33.2 Å². The van der Waals surface area contributed by atoms with E-state index in [0.717, 1.165) is 16.3 Å². The van der Waals surface area contributed by atoms with Crippen LogP contribution in [0.25, 0.3) is 10.6 Å². The molecule has 6 nitrogen and oxygen atoms in total. The number of rotatable bonds is 5. The number of hydrogen-bond donors (Lipinski definition) is 0. The fraction of sp³-hybridized carbons (Fsp3) is 0.294. The van der Waals surface area contributed by atoms with Crippen molar-refractivity contribution < 1.29 is 4.92 Å². The first-order chi connectivity index (χ1) is 11.5. The van der Waals surface area contributed by atoms with Gasteiger partial charge < -0.3 is 10.1 Å². The van der Waals surface area contributed by atoms with Crippen LogP contribution in [0.3, 0.4) is 0 Å². The maximum atomic E-state index is 11.1. The van der Waals surface area contributed by atoms with Gasteiger partial charge in [0.2, 0.25) is 0 Å². The third-order valence-corrected chi connectivity index (χ3v) is 4.86. The lowest BCUT2D eigenvalue weighted by molar-refractivity contribution is -0.392. The maximum Gasteiger partial charge on any atom is 0.343 e. The molecule has 0 fully saturated rings. The van der Waals surface area contributed by atoms with E-state index in [1.54, 1.807) is 22.8 Å². The number of nitro groups is 1. The fourth-order valence-electron chi connectivity index (χ4n) is 2.48. The number of imidazole rings is 1. The molecule has 0 atom stereocenters. The highest BCUT2D eigenvalue weighted by atomic mass is 32.1. The van der Waals surface area contributed by atoms with E-state index in [1.165, 1.54) is 11.8 Å². The van der Waals surface area contributed by atoms with Gasteiger partial charge in [0.15, 0.2) is 5.82 Å². The maximum absolute atomic E-state index is 11.1. The Balaban J connectivity index is 1.84. The molecular formula is C17H18N4O2S. The van der Waals surface area contributed by atoms with E-state index in [0.29, 0.717) is 18.3 Å². The molecule has 0 N–H and O–H groups in total. The standard InChI is InChI=1S/C17H18N4O2S/c1-11(2)13-4-6-14(7-5-13)17-19-15(10-24-17)9-20-12(3)18-8-16(20)21(22)23/h4-8,10-11H,9H2,1-3H3. The molecule has 2 heterocycles. The van der Waals surface area contributed by atoms with Gasteiger partial charge in [-0.15, -0.1) is 11.3 Å². The molecule has 3 aromatic rings. The normalized spacial score (nSPS) is 11.2. The number of benzene rings is 1. The SMILES string of the molecule is Cc1ncc([N+](=O)[O-])n1Cc1csc(-c2ccc(C(C)C)cc2)n1. The second-order valence-corrected chi connectivity index (χ2v) is 6.79. The molecule has 1 aromatic carbocycles. The van der Waals surface area contributed by atoms with E-state index in [2.05, 4.69) is 48.1 Å². The fourth-order valence-corrected chi connectivity index (χ4v) is 3.30. The molecular weight excluding hydrogens is 324 g/mol. The van der Waals surface area contributed by atoms with Gasteiger partial charge in [-0.05, 0) is 16.4 Å². The molecule has 0 amide bonds. The third kappa shape index (κ3) is 3.21. The Bertz CT molecular complexity index is 865. The van der Waals surface area contributed by atoms with E-state index in [9.17, 15) is 10.1 Å². The minimum Gasteiger partial charge on any atom is -0.358 e. The monoisotopic (exact) mass is 342 g/mol. The summed E-state index contributed by atoms with van der Waals surface area (Å²) in [5, 5.41) is 13.9. The molecule has 0 aliphatic rings. The molecule has 24 heavy (non-hydrogen) atoms. The topological polar surface area (TPSA) is 73.8 Å². The van der Waals surface area contributed by atoms with Crippen molar-refractivity contribution in [1.29, 1.82) is 0 Å². The highest BCUT2D eigenvalue weighted by Crippen LogP contribution is 2.26. The van der Waals surface area contributed by atoms with E-state index in [1.807, 2.05) is 5.38 Å². The van der Waals surface area contributed by atoms with Gasteiger partial charge in [0.1, 0.15) is 17.7 Å². The van der Waals surface area contributed by atoms with Crippen LogP contribution in [0.2, 0.25) is 0 Å². The Hall–Kier alpha value is -2.54. The number of aromatic nitrogens is 3. The molecule has 7 heteroatoms. The molecule has 0 spiro atoms. The summed E-state index contributed by atoms with van der Waals surface area (Å²) in [6.07, 6.45) is 1.28.